The molecule has 250 valence electrons. The van der Waals surface area contributed by atoms with Gasteiger partial charge in [0, 0.05) is 54.4 Å². The van der Waals surface area contributed by atoms with Crippen LogP contribution in [0.1, 0.15) is 29.8 Å². The topological polar surface area (TPSA) is 128 Å². The molecule has 3 atom stereocenters. The second-order valence-electron chi connectivity index (χ2n) is 12.0. The van der Waals surface area contributed by atoms with Crippen LogP contribution in [0.5, 0.6) is 5.75 Å². The van der Waals surface area contributed by atoms with E-state index in [1.165, 1.54) is 30.2 Å². The zero-order chi connectivity index (χ0) is 34.3. The lowest BCUT2D eigenvalue weighted by atomic mass is 9.96. The minimum Gasteiger partial charge on any atom is -0.495 e. The number of nitrogens with one attached hydrogen (secondary N) is 2. The van der Waals surface area contributed by atoms with Gasteiger partial charge in [-0.25, -0.2) is 8.42 Å². The summed E-state index contributed by atoms with van der Waals surface area (Å²) in [5.41, 5.74) is 1.86. The van der Waals surface area contributed by atoms with Crippen molar-refractivity contribution in [2.24, 2.45) is 0 Å². The zero-order valence-corrected chi connectivity index (χ0v) is 29.0. The van der Waals surface area contributed by atoms with Crippen LogP contribution in [-0.2, 0) is 25.8 Å². The Balaban J connectivity index is 1.63. The number of halogens is 2. The SMILES string of the molecule is COc1ccc(Cl)cc1S(=O)(=O)C12CN(C(C)C)C(=O)C(Cc3ccc(Cl)cc3)N1C(=O)C(NC(=O)c1ccc(N(C)C)cc1)CN2. The van der Waals surface area contributed by atoms with E-state index in [4.69, 9.17) is 27.9 Å². The first-order valence-electron chi connectivity index (χ1n) is 15.0. The number of methoxy groups -OCH3 is 1. The molecule has 0 radical (unpaired) electrons. The smallest absolute Gasteiger partial charge is 0.251 e. The number of piperazine rings is 1. The molecule has 0 aliphatic carbocycles. The van der Waals surface area contributed by atoms with Gasteiger partial charge < -0.3 is 19.9 Å². The van der Waals surface area contributed by atoms with Crippen molar-refractivity contribution in [2.45, 2.75) is 48.3 Å². The fourth-order valence-electron chi connectivity index (χ4n) is 6.00. The van der Waals surface area contributed by atoms with Crippen LogP contribution in [0.3, 0.4) is 0 Å². The lowest BCUT2D eigenvalue weighted by molar-refractivity contribution is -0.166. The van der Waals surface area contributed by atoms with Crippen molar-refractivity contribution in [3.63, 3.8) is 0 Å². The van der Waals surface area contributed by atoms with Gasteiger partial charge in [-0.1, -0.05) is 35.3 Å². The molecule has 2 aliphatic rings. The molecule has 2 N–H and O–H groups in total. The highest BCUT2D eigenvalue weighted by Gasteiger charge is 2.64. The number of carbonyl (C=O) groups excluding carboxylic acids is 3. The first kappa shape index (κ1) is 34.5. The number of amides is 3. The van der Waals surface area contributed by atoms with Crippen LogP contribution in [0, 0.1) is 0 Å². The molecule has 47 heavy (non-hydrogen) atoms. The number of hydrogen-bond donors (Lipinski definition) is 2. The normalized spacial score (nSPS) is 21.4. The third-order valence-electron chi connectivity index (χ3n) is 8.55. The monoisotopic (exact) mass is 701 g/mol. The highest BCUT2D eigenvalue weighted by Crippen LogP contribution is 2.41. The number of fused-ring (bicyclic) bond motifs is 1. The van der Waals surface area contributed by atoms with Crippen molar-refractivity contribution in [1.29, 1.82) is 0 Å². The van der Waals surface area contributed by atoms with Gasteiger partial charge in [-0.05, 0) is 74.0 Å². The number of rotatable bonds is 9. The van der Waals surface area contributed by atoms with Crippen LogP contribution < -0.4 is 20.3 Å². The summed E-state index contributed by atoms with van der Waals surface area (Å²) in [5.74, 6) is -1.65. The van der Waals surface area contributed by atoms with Crippen LogP contribution in [0.4, 0.5) is 5.69 Å². The third kappa shape index (κ3) is 6.39. The minimum atomic E-state index is -4.57. The standard InChI is InChI=1S/C33H37Cl2N5O6S/c1-20(2)39-19-33(47(44,45)29-17-24(35)12-15-28(29)46-5)36-18-26(37-30(41)22-8-13-25(14-9-22)38(3)4)31(42)40(33)27(32(39)43)16-21-6-10-23(34)11-7-21/h6-15,17,20,26-27,36H,16,18-19H2,1-5H3,(H,37,41). The van der Waals surface area contributed by atoms with E-state index in [0.717, 1.165) is 10.6 Å². The Morgan fingerprint density at radius 1 is 1.02 bits per heavy atom. The van der Waals surface area contributed by atoms with E-state index < -0.39 is 50.7 Å². The number of sulfone groups is 1. The van der Waals surface area contributed by atoms with Crippen molar-refractivity contribution < 1.29 is 27.5 Å². The number of ether oxygens (including phenoxy) is 1. The second kappa shape index (κ2) is 13.3. The average Bonchev–Trinajstić information content (AvgIpc) is 3.04. The first-order chi connectivity index (χ1) is 22.2. The average molecular weight is 703 g/mol. The van der Waals surface area contributed by atoms with Gasteiger partial charge in [0.05, 0.1) is 13.7 Å². The summed E-state index contributed by atoms with van der Waals surface area (Å²) in [4.78, 5) is 44.2. The molecule has 2 aliphatic heterocycles. The minimum absolute atomic E-state index is 0.0107. The van der Waals surface area contributed by atoms with Crippen LogP contribution in [0.2, 0.25) is 10.0 Å². The summed E-state index contributed by atoms with van der Waals surface area (Å²) >= 11 is 12.4. The molecule has 0 spiro atoms. The molecule has 3 aromatic rings. The molecule has 0 aromatic heterocycles. The van der Waals surface area contributed by atoms with E-state index >= 15 is 0 Å². The molecule has 2 heterocycles. The first-order valence-corrected chi connectivity index (χ1v) is 17.2. The number of nitrogens with zero attached hydrogens (tertiary/aromatic N) is 3. The number of hydrogen-bond acceptors (Lipinski definition) is 8. The Kier molecular flexibility index (Phi) is 9.79. The Bertz CT molecular complexity index is 1790. The fourth-order valence-corrected chi connectivity index (χ4v) is 8.49. The van der Waals surface area contributed by atoms with E-state index in [2.05, 4.69) is 10.6 Å². The highest BCUT2D eigenvalue weighted by atomic mass is 35.5. The molecule has 0 bridgehead atoms. The molecular formula is C33H37Cl2N5O6S. The second-order valence-corrected chi connectivity index (χ2v) is 15.0. The van der Waals surface area contributed by atoms with Crippen LogP contribution >= 0.6 is 23.2 Å². The number of anilines is 1. The molecule has 2 saturated heterocycles. The largest absolute Gasteiger partial charge is 0.495 e. The van der Waals surface area contributed by atoms with Gasteiger partial charge in [-0.2, -0.15) is 0 Å². The predicted molar refractivity (Wildman–Crippen MR) is 181 cm³/mol. The van der Waals surface area contributed by atoms with Crippen molar-refractivity contribution >= 4 is 56.4 Å². The van der Waals surface area contributed by atoms with Gasteiger partial charge in [0.1, 0.15) is 22.7 Å². The van der Waals surface area contributed by atoms with Gasteiger partial charge in [0.2, 0.25) is 26.6 Å². The summed E-state index contributed by atoms with van der Waals surface area (Å²) in [6, 6.07) is 14.9. The van der Waals surface area contributed by atoms with E-state index in [1.54, 1.807) is 62.4 Å². The number of benzene rings is 3. The van der Waals surface area contributed by atoms with Crippen molar-refractivity contribution in [2.75, 3.05) is 39.2 Å². The number of carbonyl (C=O) groups is 3. The van der Waals surface area contributed by atoms with E-state index in [0.29, 0.717) is 16.1 Å². The maximum atomic E-state index is 14.9. The molecule has 14 heteroatoms. The molecule has 11 nitrogen and oxygen atoms in total. The molecule has 3 aromatic carbocycles. The Morgan fingerprint density at radius 3 is 2.26 bits per heavy atom. The maximum Gasteiger partial charge on any atom is 0.251 e. The summed E-state index contributed by atoms with van der Waals surface area (Å²) < 4.78 is 35.3. The molecule has 2 fully saturated rings. The van der Waals surface area contributed by atoms with Crippen molar-refractivity contribution in [1.82, 2.24) is 20.4 Å². The predicted octanol–water partition coefficient (Wildman–Crippen LogP) is 3.59. The molecule has 5 rings (SSSR count). The van der Waals surface area contributed by atoms with E-state index in [-0.39, 0.29) is 35.2 Å². The quantitative estimate of drug-likeness (QED) is 0.347. The van der Waals surface area contributed by atoms with Gasteiger partial charge in [0.25, 0.3) is 5.91 Å². The Morgan fingerprint density at radius 2 is 1.66 bits per heavy atom. The lowest BCUT2D eigenvalue weighted by Crippen LogP contribution is -2.83. The van der Waals surface area contributed by atoms with E-state index in [9.17, 15) is 22.8 Å². The Hall–Kier alpha value is -3.84. The molecule has 3 unspecified atom stereocenters. The van der Waals surface area contributed by atoms with Gasteiger partial charge >= 0.3 is 0 Å². The Labute approximate surface area is 284 Å². The van der Waals surface area contributed by atoms with Gasteiger partial charge in [0.15, 0.2) is 0 Å². The van der Waals surface area contributed by atoms with Crippen molar-refractivity contribution in [3.05, 3.63) is 87.9 Å². The van der Waals surface area contributed by atoms with Crippen LogP contribution in [-0.4, -0.2) is 93.4 Å². The molecular weight excluding hydrogens is 665 g/mol. The van der Waals surface area contributed by atoms with Gasteiger partial charge in [-0.3, -0.25) is 24.6 Å². The van der Waals surface area contributed by atoms with Crippen LogP contribution in [0.15, 0.2) is 71.6 Å². The fraction of sp³-hybridized carbons (Fsp3) is 0.364. The lowest BCUT2D eigenvalue weighted by Gasteiger charge is -2.57. The summed E-state index contributed by atoms with van der Waals surface area (Å²) in [6.07, 6.45) is -0.0107. The highest BCUT2D eigenvalue weighted by molar-refractivity contribution is 7.93. The molecule has 3 amide bonds. The van der Waals surface area contributed by atoms with Gasteiger partial charge in [-0.15, -0.1) is 0 Å². The third-order valence-corrected chi connectivity index (χ3v) is 11.3. The van der Waals surface area contributed by atoms with Crippen LogP contribution in [0.25, 0.3) is 0 Å². The zero-order valence-electron chi connectivity index (χ0n) is 26.7. The molecule has 0 saturated carbocycles. The van der Waals surface area contributed by atoms with Crippen molar-refractivity contribution in [3.8, 4) is 5.75 Å². The summed E-state index contributed by atoms with van der Waals surface area (Å²) in [6.45, 7) is 2.95. The maximum absolute atomic E-state index is 14.9. The summed E-state index contributed by atoms with van der Waals surface area (Å²) in [5, 5.41) is 6.50. The summed E-state index contributed by atoms with van der Waals surface area (Å²) in [7, 11) is 0.520. The van der Waals surface area contributed by atoms with E-state index in [1.807, 2.05) is 19.0 Å².